The summed E-state index contributed by atoms with van der Waals surface area (Å²) in [6.07, 6.45) is -1.26. The summed E-state index contributed by atoms with van der Waals surface area (Å²) in [5.41, 5.74) is -0.512. The van der Waals surface area contributed by atoms with Gasteiger partial charge in [-0.25, -0.2) is 0 Å². The van der Waals surface area contributed by atoms with E-state index in [0.717, 1.165) is 18.7 Å². The molecule has 2 unspecified atom stereocenters. The first-order valence-corrected chi connectivity index (χ1v) is 13.4. The summed E-state index contributed by atoms with van der Waals surface area (Å²) in [6, 6.07) is 8.42. The molecule has 2 rings (SSSR count). The lowest BCUT2D eigenvalue weighted by Gasteiger charge is -2.24. The standard InChI is InChI=1S/C26H30N4O10S/c1-15(2)24(28-22(32)10-17-9-18(29(36)37)11-20(30(38)39)25(17)40-3)26(35)27-19(12-23(33)34)21(31)14-41-13-16-7-5-4-6-8-16/h4-9,11,15,19,24H,10,12-14H2,1-3H3,(H,27,35)(H,28,32)(H,33,34). The highest BCUT2D eigenvalue weighted by Crippen LogP contribution is 2.35. The number of nitrogens with one attached hydrogen (secondary N) is 2. The Hall–Kier alpha value is -4.53. The number of ether oxygens (including phenoxy) is 1. The average Bonchev–Trinajstić information content (AvgIpc) is 2.90. The first-order chi connectivity index (χ1) is 19.3. The van der Waals surface area contributed by atoms with Crippen LogP contribution in [-0.4, -0.2) is 63.5 Å². The highest BCUT2D eigenvalue weighted by atomic mass is 32.2. The van der Waals surface area contributed by atoms with Crippen LogP contribution in [0.5, 0.6) is 5.75 Å². The molecule has 0 aliphatic rings. The molecule has 220 valence electrons. The SMILES string of the molecule is COc1c(CC(=O)NC(C(=O)NC(CC(=O)O)C(=O)CSCc2ccccc2)C(C)C)cc([N+](=O)[O-])cc1[N+](=O)[O-]. The molecule has 2 aromatic carbocycles. The number of methoxy groups -OCH3 is 1. The summed E-state index contributed by atoms with van der Waals surface area (Å²) in [5.74, 6) is -3.86. The van der Waals surface area contributed by atoms with E-state index in [-0.39, 0.29) is 17.1 Å². The second-order valence-corrected chi connectivity index (χ2v) is 10.2. The lowest BCUT2D eigenvalue weighted by Crippen LogP contribution is -2.54. The van der Waals surface area contributed by atoms with Gasteiger partial charge in [0.15, 0.2) is 5.78 Å². The number of rotatable bonds is 16. The van der Waals surface area contributed by atoms with Gasteiger partial charge >= 0.3 is 11.7 Å². The van der Waals surface area contributed by atoms with E-state index in [2.05, 4.69) is 10.6 Å². The molecule has 0 bridgehead atoms. The lowest BCUT2D eigenvalue weighted by atomic mass is 10.0. The third kappa shape index (κ3) is 9.86. The predicted molar refractivity (Wildman–Crippen MR) is 149 cm³/mol. The monoisotopic (exact) mass is 590 g/mol. The topological polar surface area (TPSA) is 208 Å². The number of carbonyl (C=O) groups excluding carboxylic acids is 3. The summed E-state index contributed by atoms with van der Waals surface area (Å²) < 4.78 is 5.03. The third-order valence-corrected chi connectivity index (χ3v) is 6.83. The number of aliphatic carboxylic acids is 1. The molecular weight excluding hydrogens is 560 g/mol. The number of nitro benzene ring substituents is 2. The van der Waals surface area contributed by atoms with Gasteiger partial charge in [-0.3, -0.25) is 39.4 Å². The first-order valence-electron chi connectivity index (χ1n) is 12.3. The molecule has 3 N–H and O–H groups in total. The molecule has 2 aromatic rings. The fourth-order valence-electron chi connectivity index (χ4n) is 3.82. The van der Waals surface area contributed by atoms with Gasteiger partial charge in [-0.2, -0.15) is 0 Å². The van der Waals surface area contributed by atoms with Gasteiger partial charge < -0.3 is 20.5 Å². The third-order valence-electron chi connectivity index (χ3n) is 5.80. The van der Waals surface area contributed by atoms with E-state index in [4.69, 9.17) is 4.74 Å². The molecule has 2 amide bonds. The van der Waals surface area contributed by atoms with Gasteiger partial charge in [-0.15, -0.1) is 11.8 Å². The second-order valence-electron chi connectivity index (χ2n) is 9.24. The Balaban J connectivity index is 2.16. The maximum Gasteiger partial charge on any atom is 0.318 e. The van der Waals surface area contributed by atoms with Crippen molar-refractivity contribution in [2.45, 2.75) is 44.5 Å². The zero-order chi connectivity index (χ0) is 30.7. The number of carboxylic acid groups (broad SMARTS) is 1. The smallest absolute Gasteiger partial charge is 0.318 e. The number of hydrogen-bond donors (Lipinski definition) is 3. The number of amides is 2. The van der Waals surface area contributed by atoms with Crippen LogP contribution in [0.3, 0.4) is 0 Å². The number of benzene rings is 2. The highest BCUT2D eigenvalue weighted by molar-refractivity contribution is 7.99. The molecule has 2 atom stereocenters. The molecule has 14 nitrogen and oxygen atoms in total. The van der Waals surface area contributed by atoms with E-state index in [1.165, 1.54) is 11.8 Å². The van der Waals surface area contributed by atoms with Crippen LogP contribution in [0.1, 0.15) is 31.4 Å². The number of hydrogen-bond acceptors (Lipinski definition) is 10. The Morgan fingerprint density at radius 3 is 2.22 bits per heavy atom. The van der Waals surface area contributed by atoms with E-state index in [1.54, 1.807) is 13.8 Å². The van der Waals surface area contributed by atoms with Gasteiger partial charge in [0.1, 0.15) is 6.04 Å². The van der Waals surface area contributed by atoms with Crippen molar-refractivity contribution in [3.8, 4) is 5.75 Å². The van der Waals surface area contributed by atoms with E-state index in [1.807, 2.05) is 30.3 Å². The Bertz CT molecular complexity index is 1300. The van der Waals surface area contributed by atoms with Crippen LogP contribution < -0.4 is 15.4 Å². The summed E-state index contributed by atoms with van der Waals surface area (Å²) >= 11 is 1.26. The van der Waals surface area contributed by atoms with Gasteiger partial charge in [-0.1, -0.05) is 44.2 Å². The molecule has 0 aromatic heterocycles. The van der Waals surface area contributed by atoms with Gasteiger partial charge in [0.2, 0.25) is 17.6 Å². The van der Waals surface area contributed by atoms with Crippen molar-refractivity contribution in [3.05, 3.63) is 73.8 Å². The van der Waals surface area contributed by atoms with Crippen LogP contribution in [0.2, 0.25) is 0 Å². The van der Waals surface area contributed by atoms with Crippen molar-refractivity contribution in [3.63, 3.8) is 0 Å². The van der Waals surface area contributed by atoms with Crippen molar-refractivity contribution in [1.82, 2.24) is 10.6 Å². The number of ketones is 1. The van der Waals surface area contributed by atoms with E-state index in [9.17, 15) is 44.5 Å². The van der Waals surface area contributed by atoms with Crippen molar-refractivity contribution >= 4 is 46.7 Å². The lowest BCUT2D eigenvalue weighted by molar-refractivity contribution is -0.394. The molecule has 41 heavy (non-hydrogen) atoms. The zero-order valence-corrected chi connectivity index (χ0v) is 23.3. The van der Waals surface area contributed by atoms with E-state index >= 15 is 0 Å². The minimum atomic E-state index is -1.35. The minimum Gasteiger partial charge on any atom is -0.490 e. The predicted octanol–water partition coefficient (Wildman–Crippen LogP) is 2.66. The number of carboxylic acids is 1. The molecule has 0 saturated carbocycles. The molecule has 0 spiro atoms. The fraction of sp³-hybridized carbons (Fsp3) is 0.385. The highest BCUT2D eigenvalue weighted by Gasteiger charge is 2.31. The van der Waals surface area contributed by atoms with Crippen molar-refractivity contribution < 1.29 is 38.9 Å². The second kappa shape index (κ2) is 15.3. The average molecular weight is 591 g/mol. The molecule has 0 saturated heterocycles. The Kier molecular flexibility index (Phi) is 12.2. The van der Waals surface area contributed by atoms with Crippen LogP contribution in [0.15, 0.2) is 42.5 Å². The normalized spacial score (nSPS) is 12.2. The van der Waals surface area contributed by atoms with Gasteiger partial charge in [-0.05, 0) is 11.5 Å². The van der Waals surface area contributed by atoms with E-state index < -0.39 is 75.6 Å². The Morgan fingerprint density at radius 2 is 1.68 bits per heavy atom. The number of nitro groups is 2. The summed E-state index contributed by atoms with van der Waals surface area (Å²) in [5, 5.41) is 36.8. The molecular formula is C26H30N4O10S. The van der Waals surface area contributed by atoms with Gasteiger partial charge in [0, 0.05) is 17.4 Å². The van der Waals surface area contributed by atoms with Crippen LogP contribution in [0.4, 0.5) is 11.4 Å². The number of non-ortho nitro benzene ring substituents is 1. The van der Waals surface area contributed by atoms with Crippen LogP contribution in [0.25, 0.3) is 0 Å². The maximum atomic E-state index is 13.1. The zero-order valence-electron chi connectivity index (χ0n) is 22.5. The summed E-state index contributed by atoms with van der Waals surface area (Å²) in [4.78, 5) is 71.1. The fourth-order valence-corrected chi connectivity index (χ4v) is 4.75. The van der Waals surface area contributed by atoms with Crippen LogP contribution >= 0.6 is 11.8 Å². The molecule has 0 aliphatic carbocycles. The largest absolute Gasteiger partial charge is 0.490 e. The van der Waals surface area contributed by atoms with E-state index in [0.29, 0.717) is 11.8 Å². The van der Waals surface area contributed by atoms with Crippen molar-refractivity contribution in [1.29, 1.82) is 0 Å². The summed E-state index contributed by atoms with van der Waals surface area (Å²) in [7, 11) is 1.11. The van der Waals surface area contributed by atoms with Crippen LogP contribution in [0, 0.1) is 26.1 Å². The molecule has 0 heterocycles. The minimum absolute atomic E-state index is 0.0583. The number of carbonyl (C=O) groups is 4. The molecule has 0 aliphatic heterocycles. The Labute approximate surface area is 239 Å². The van der Waals surface area contributed by atoms with Gasteiger partial charge in [0.25, 0.3) is 5.69 Å². The quantitative estimate of drug-likeness (QED) is 0.191. The van der Waals surface area contributed by atoms with Crippen LogP contribution in [-0.2, 0) is 31.4 Å². The molecule has 15 heteroatoms. The number of thioether (sulfide) groups is 1. The first kappa shape index (κ1) is 32.7. The Morgan fingerprint density at radius 1 is 1.02 bits per heavy atom. The molecule has 0 fully saturated rings. The maximum absolute atomic E-state index is 13.1. The number of Topliss-reactive ketones (excluding diaryl/α,β-unsaturated/α-hetero) is 1. The van der Waals surface area contributed by atoms with Gasteiger partial charge in [0.05, 0.1) is 47.7 Å². The van der Waals surface area contributed by atoms with Crippen molar-refractivity contribution in [2.24, 2.45) is 5.92 Å². The van der Waals surface area contributed by atoms with Crippen molar-refractivity contribution in [2.75, 3.05) is 12.9 Å². The summed E-state index contributed by atoms with van der Waals surface area (Å²) in [6.45, 7) is 3.21. The number of nitrogens with zero attached hydrogens (tertiary/aromatic N) is 2. The molecule has 0 radical (unpaired) electrons.